The van der Waals surface area contributed by atoms with Gasteiger partial charge in [-0.25, -0.2) is 0 Å². The van der Waals surface area contributed by atoms with Gasteiger partial charge in [-0.1, -0.05) is 24.3 Å². The van der Waals surface area contributed by atoms with Gasteiger partial charge in [-0.15, -0.1) is 0 Å². The van der Waals surface area contributed by atoms with Crippen LogP contribution in [0.2, 0.25) is 0 Å². The highest BCUT2D eigenvalue weighted by molar-refractivity contribution is 6.06. The Morgan fingerprint density at radius 1 is 1.27 bits per heavy atom. The summed E-state index contributed by atoms with van der Waals surface area (Å²) >= 11 is 0. The lowest BCUT2D eigenvalue weighted by Gasteiger charge is -2.25. The summed E-state index contributed by atoms with van der Waals surface area (Å²) in [5, 5.41) is 1.26. The largest absolute Gasteiger partial charge is 0.380 e. The molecule has 0 amide bonds. The lowest BCUT2D eigenvalue weighted by Crippen LogP contribution is -2.37. The smallest absolute Gasteiger partial charge is 0.161 e. The zero-order chi connectivity index (χ0) is 15.4. The Morgan fingerprint density at radius 3 is 2.95 bits per heavy atom. The highest BCUT2D eigenvalue weighted by atomic mass is 17.0. The lowest BCUT2D eigenvalue weighted by atomic mass is 10.0. The van der Waals surface area contributed by atoms with E-state index in [0.29, 0.717) is 35.7 Å². The summed E-state index contributed by atoms with van der Waals surface area (Å²) < 4.78 is 0. The number of fused-ring (bicyclic) bond motifs is 1. The van der Waals surface area contributed by atoms with Gasteiger partial charge >= 0.3 is 0 Å². The van der Waals surface area contributed by atoms with Gasteiger partial charge in [0, 0.05) is 5.57 Å². The van der Waals surface area contributed by atoms with Gasteiger partial charge in [0.1, 0.15) is 6.29 Å². The third-order valence-electron chi connectivity index (χ3n) is 3.31. The second-order valence-electron chi connectivity index (χ2n) is 4.74. The van der Waals surface area contributed by atoms with Crippen molar-refractivity contribution in [3.63, 3.8) is 0 Å². The maximum Gasteiger partial charge on any atom is 0.161 e. The van der Waals surface area contributed by atoms with E-state index in [1.54, 1.807) is 42.5 Å². The minimum absolute atomic E-state index is 0.382. The Hall–Kier alpha value is -2.57. The van der Waals surface area contributed by atoms with Crippen LogP contribution in [-0.2, 0) is 9.63 Å². The van der Waals surface area contributed by atoms with E-state index < -0.39 is 6.10 Å². The van der Waals surface area contributed by atoms with Gasteiger partial charge in [0.05, 0.1) is 24.4 Å². The number of hydroxylamine groups is 2. The summed E-state index contributed by atoms with van der Waals surface area (Å²) in [6, 6.07) is 6.85. The number of aliphatic imine (C=N–C) groups is 1. The Labute approximate surface area is 127 Å². The molecule has 112 valence electrons. The average molecular weight is 298 g/mol. The van der Waals surface area contributed by atoms with E-state index in [0.717, 1.165) is 12.6 Å². The van der Waals surface area contributed by atoms with Crippen molar-refractivity contribution >= 4 is 18.3 Å². The molecule has 1 atom stereocenters. The maximum atomic E-state index is 11.1. The van der Waals surface area contributed by atoms with Crippen LogP contribution < -0.4 is 4.84 Å². The van der Waals surface area contributed by atoms with Crippen molar-refractivity contribution in [2.75, 3.05) is 13.1 Å². The zero-order valence-corrected chi connectivity index (χ0v) is 11.7. The molecule has 0 radical (unpaired) electrons. The van der Waals surface area contributed by atoms with Crippen LogP contribution in [0, 0.1) is 0 Å². The number of carbonyl (C=O) groups is 2. The van der Waals surface area contributed by atoms with Gasteiger partial charge in [0.25, 0.3) is 0 Å². The molecule has 1 aromatic carbocycles. The normalized spacial score (nSPS) is 21.2. The van der Waals surface area contributed by atoms with Crippen molar-refractivity contribution in [2.45, 2.75) is 6.10 Å². The molecule has 6 heteroatoms. The molecule has 0 saturated heterocycles. The second kappa shape index (κ2) is 6.46. The van der Waals surface area contributed by atoms with Crippen LogP contribution in [0.5, 0.6) is 5.75 Å². The quantitative estimate of drug-likeness (QED) is 0.789. The molecule has 0 fully saturated rings. The Bertz CT molecular complexity index is 678. The highest BCUT2D eigenvalue weighted by Gasteiger charge is 2.28. The summed E-state index contributed by atoms with van der Waals surface area (Å²) in [6.45, 7) is 0.846. The third kappa shape index (κ3) is 2.88. The van der Waals surface area contributed by atoms with E-state index in [-0.39, 0.29) is 0 Å². The number of nitrogens with zero attached hydrogens (tertiary/aromatic N) is 2. The molecule has 0 spiro atoms. The number of hydrogen-bond donors (Lipinski definition) is 0. The highest BCUT2D eigenvalue weighted by Crippen LogP contribution is 2.21. The van der Waals surface area contributed by atoms with Crippen molar-refractivity contribution in [3.05, 3.63) is 53.6 Å². The number of para-hydroxylation sites is 1. The zero-order valence-electron chi connectivity index (χ0n) is 11.7. The number of carbonyl (C=O) groups excluding carboxylic acids is 2. The molecule has 1 aromatic rings. The first-order valence-electron chi connectivity index (χ1n) is 6.86. The average Bonchev–Trinajstić information content (AvgIpc) is 2.77. The number of hydrogen-bond acceptors (Lipinski definition) is 6. The van der Waals surface area contributed by atoms with Gasteiger partial charge < -0.3 is 4.84 Å². The van der Waals surface area contributed by atoms with Crippen LogP contribution in [0.3, 0.4) is 0 Å². The topological polar surface area (TPSA) is 68.2 Å². The van der Waals surface area contributed by atoms with Crippen molar-refractivity contribution < 1.29 is 19.3 Å². The second-order valence-corrected chi connectivity index (χ2v) is 4.74. The Kier molecular flexibility index (Phi) is 4.22. The van der Waals surface area contributed by atoms with E-state index in [4.69, 9.17) is 9.68 Å². The molecule has 22 heavy (non-hydrogen) atoms. The molecule has 0 bridgehead atoms. The SMILES string of the molecule is O=CC1=CC=CC2=NCCN(Oc3ccccc3C=O)OC12. The van der Waals surface area contributed by atoms with Crippen molar-refractivity contribution in [2.24, 2.45) is 4.99 Å². The molecule has 3 rings (SSSR count). The van der Waals surface area contributed by atoms with Crippen LogP contribution in [0.25, 0.3) is 0 Å². The molecule has 2 aliphatic rings. The first-order valence-corrected chi connectivity index (χ1v) is 6.86. The molecular formula is C16H14N2O4. The number of rotatable bonds is 4. The van der Waals surface area contributed by atoms with E-state index in [1.165, 1.54) is 5.23 Å². The summed E-state index contributed by atoms with van der Waals surface area (Å²) in [5.74, 6) is 0.393. The standard InChI is InChI=1S/C16H14N2O4/c19-10-12-4-1-2-7-15(12)21-18-9-8-17-14-6-3-5-13(11-20)16(14)22-18/h1-7,10-11,16H,8-9H2. The van der Waals surface area contributed by atoms with Gasteiger partial charge in [-0.3, -0.25) is 19.4 Å². The van der Waals surface area contributed by atoms with E-state index in [2.05, 4.69) is 4.99 Å². The fourth-order valence-electron chi connectivity index (χ4n) is 2.22. The molecule has 0 aromatic heterocycles. The van der Waals surface area contributed by atoms with Crippen LogP contribution in [0.1, 0.15) is 10.4 Å². The number of aldehydes is 2. The lowest BCUT2D eigenvalue weighted by molar-refractivity contribution is -0.319. The molecule has 1 aliphatic heterocycles. The summed E-state index contributed by atoms with van der Waals surface area (Å²) in [4.78, 5) is 38.0. The molecule has 1 unspecified atom stereocenters. The first kappa shape index (κ1) is 14.4. The van der Waals surface area contributed by atoms with Gasteiger partial charge in [-0.2, -0.15) is 0 Å². The van der Waals surface area contributed by atoms with Crippen molar-refractivity contribution in [1.82, 2.24) is 5.23 Å². The summed E-state index contributed by atoms with van der Waals surface area (Å²) in [6.07, 6.45) is 6.12. The minimum atomic E-state index is -0.589. The monoisotopic (exact) mass is 298 g/mol. The Balaban J connectivity index is 1.80. The predicted octanol–water partition coefficient (Wildman–Crippen LogP) is 1.54. The van der Waals surface area contributed by atoms with Gasteiger partial charge in [0.2, 0.25) is 0 Å². The van der Waals surface area contributed by atoms with E-state index in [1.807, 2.05) is 0 Å². The Morgan fingerprint density at radius 2 is 2.14 bits per heavy atom. The fourth-order valence-corrected chi connectivity index (χ4v) is 2.22. The number of benzene rings is 1. The predicted molar refractivity (Wildman–Crippen MR) is 79.6 cm³/mol. The fraction of sp³-hybridized carbons (Fsp3) is 0.188. The van der Waals surface area contributed by atoms with Crippen molar-refractivity contribution in [3.8, 4) is 5.75 Å². The van der Waals surface area contributed by atoms with Gasteiger partial charge in [-0.05, 0) is 23.4 Å². The summed E-state index contributed by atoms with van der Waals surface area (Å²) in [5.41, 5.74) is 1.57. The van der Waals surface area contributed by atoms with Crippen molar-refractivity contribution in [1.29, 1.82) is 0 Å². The molecule has 0 saturated carbocycles. The maximum absolute atomic E-state index is 11.1. The molecular weight excluding hydrogens is 284 g/mol. The van der Waals surface area contributed by atoms with E-state index in [9.17, 15) is 9.59 Å². The van der Waals surface area contributed by atoms with Gasteiger partial charge in [0.15, 0.2) is 18.1 Å². The minimum Gasteiger partial charge on any atom is -0.380 e. The van der Waals surface area contributed by atoms with Crippen LogP contribution >= 0.6 is 0 Å². The molecule has 6 nitrogen and oxygen atoms in total. The number of allylic oxidation sites excluding steroid dienone is 2. The molecule has 0 N–H and O–H groups in total. The first-order chi connectivity index (χ1) is 10.8. The molecule has 1 aliphatic carbocycles. The van der Waals surface area contributed by atoms with Crippen LogP contribution in [-0.4, -0.2) is 42.7 Å². The van der Waals surface area contributed by atoms with Crippen LogP contribution in [0.15, 0.2) is 53.1 Å². The summed E-state index contributed by atoms with van der Waals surface area (Å²) in [7, 11) is 0. The van der Waals surface area contributed by atoms with E-state index >= 15 is 0 Å². The van der Waals surface area contributed by atoms with Crippen LogP contribution in [0.4, 0.5) is 0 Å². The third-order valence-corrected chi connectivity index (χ3v) is 3.31. The molecule has 1 heterocycles.